The third-order valence-corrected chi connectivity index (χ3v) is 6.24. The first-order valence-electron chi connectivity index (χ1n) is 10.5. The van der Waals surface area contributed by atoms with E-state index in [4.69, 9.17) is 9.05 Å². The van der Waals surface area contributed by atoms with Crippen LogP contribution >= 0.6 is 42.8 Å². The molecule has 0 amide bonds. The van der Waals surface area contributed by atoms with Crippen LogP contribution in [0.25, 0.3) is 0 Å². The van der Waals surface area contributed by atoms with Crippen molar-refractivity contribution < 1.29 is 9.05 Å². The third kappa shape index (κ3) is 19.2. The molecule has 0 spiro atoms. The molecule has 0 aromatic carbocycles. The molecule has 0 saturated carbocycles. The molecular formula is C22H41O2P5. The normalized spacial score (nSPS) is 16.8. The molecule has 0 bridgehead atoms. The minimum absolute atomic E-state index is 0.117. The van der Waals surface area contributed by atoms with Crippen LogP contribution in [0.2, 0.25) is 0 Å². The molecule has 7 atom stereocenters. The maximum atomic E-state index is 6.00. The van der Waals surface area contributed by atoms with Gasteiger partial charge in [-0.25, -0.2) is 0 Å². The molecule has 29 heavy (non-hydrogen) atoms. The summed E-state index contributed by atoms with van der Waals surface area (Å²) in [7, 11) is 8.05. The van der Waals surface area contributed by atoms with Crippen LogP contribution in [0.5, 0.6) is 0 Å². The van der Waals surface area contributed by atoms with Gasteiger partial charge in [0.25, 0.3) is 0 Å². The maximum absolute atomic E-state index is 6.00. The fourth-order valence-corrected chi connectivity index (χ4v) is 4.85. The van der Waals surface area contributed by atoms with E-state index in [1.807, 2.05) is 0 Å². The molecule has 0 aliphatic rings. The SMILES string of the molecule is CCC=CC(OP(P)P)C(C)C=CC=CC=CC=CC(CCCCCC)OPP. The Bertz CT molecular complexity index is 515. The van der Waals surface area contributed by atoms with Gasteiger partial charge in [-0.15, -0.1) is 0 Å². The van der Waals surface area contributed by atoms with Crippen molar-refractivity contribution in [3.63, 3.8) is 0 Å². The molecule has 7 heteroatoms. The second-order valence-electron chi connectivity index (χ2n) is 6.79. The van der Waals surface area contributed by atoms with Crippen LogP contribution in [0.3, 0.4) is 0 Å². The third-order valence-electron chi connectivity index (χ3n) is 4.18. The highest BCUT2D eigenvalue weighted by Gasteiger charge is 2.13. The van der Waals surface area contributed by atoms with Gasteiger partial charge >= 0.3 is 0 Å². The highest BCUT2D eigenvalue weighted by Crippen LogP contribution is 2.55. The van der Waals surface area contributed by atoms with Crippen molar-refractivity contribution in [1.82, 2.24) is 0 Å². The highest BCUT2D eigenvalue weighted by molar-refractivity contribution is 8.41. The molecule has 2 nitrogen and oxygen atoms in total. The highest BCUT2D eigenvalue weighted by atomic mass is 32.4. The lowest BCUT2D eigenvalue weighted by Crippen LogP contribution is -2.14. The van der Waals surface area contributed by atoms with Crippen molar-refractivity contribution in [2.75, 3.05) is 0 Å². The minimum Gasteiger partial charge on any atom is -0.351 e. The van der Waals surface area contributed by atoms with Gasteiger partial charge < -0.3 is 9.05 Å². The molecule has 0 rings (SSSR count). The van der Waals surface area contributed by atoms with Crippen molar-refractivity contribution in [1.29, 1.82) is 0 Å². The van der Waals surface area contributed by atoms with Crippen LogP contribution in [-0.4, -0.2) is 12.2 Å². The Balaban J connectivity index is 4.43. The zero-order valence-corrected chi connectivity index (χ0v) is 23.6. The van der Waals surface area contributed by atoms with E-state index in [2.05, 4.69) is 108 Å². The first kappa shape index (κ1) is 29.8. The van der Waals surface area contributed by atoms with Gasteiger partial charge in [0.2, 0.25) is 0 Å². The van der Waals surface area contributed by atoms with E-state index in [1.165, 1.54) is 25.7 Å². The van der Waals surface area contributed by atoms with Gasteiger partial charge in [-0.3, -0.25) is 0 Å². The Morgan fingerprint density at radius 1 is 0.897 bits per heavy atom. The van der Waals surface area contributed by atoms with Crippen LogP contribution in [0.1, 0.15) is 59.3 Å². The van der Waals surface area contributed by atoms with E-state index in [9.17, 15) is 0 Å². The topological polar surface area (TPSA) is 18.5 Å². The Morgan fingerprint density at radius 2 is 1.55 bits per heavy atom. The van der Waals surface area contributed by atoms with E-state index < -0.39 is 7.53 Å². The molecule has 0 heterocycles. The molecule has 0 aromatic heterocycles. The summed E-state index contributed by atoms with van der Waals surface area (Å²) < 4.78 is 11.8. The summed E-state index contributed by atoms with van der Waals surface area (Å²) in [5.74, 6) is 0.329. The van der Waals surface area contributed by atoms with Crippen molar-refractivity contribution in [3.8, 4) is 0 Å². The number of allylic oxidation sites excluding steroid dienone is 7. The number of hydrogen-bond donors (Lipinski definition) is 0. The number of unbranched alkanes of at least 4 members (excludes halogenated alkanes) is 3. The van der Waals surface area contributed by atoms with Crippen molar-refractivity contribution >= 4 is 42.8 Å². The van der Waals surface area contributed by atoms with Crippen LogP contribution in [0.15, 0.2) is 60.8 Å². The van der Waals surface area contributed by atoms with Crippen LogP contribution in [-0.2, 0) is 9.05 Å². The maximum Gasteiger partial charge on any atom is 0.0867 e. The fraction of sp³-hybridized carbons (Fsp3) is 0.545. The van der Waals surface area contributed by atoms with E-state index in [0.717, 1.165) is 12.8 Å². The predicted molar refractivity (Wildman–Crippen MR) is 148 cm³/mol. The van der Waals surface area contributed by atoms with E-state index in [1.54, 1.807) is 0 Å². The summed E-state index contributed by atoms with van der Waals surface area (Å²) in [4.78, 5) is 0. The summed E-state index contributed by atoms with van der Waals surface area (Å²) in [5, 5.41) is 0. The largest absolute Gasteiger partial charge is 0.351 e. The Morgan fingerprint density at radius 3 is 2.14 bits per heavy atom. The van der Waals surface area contributed by atoms with Gasteiger partial charge in [0, 0.05) is 14.4 Å². The first-order valence-corrected chi connectivity index (χ1v) is 17.7. The minimum atomic E-state index is -0.532. The summed E-state index contributed by atoms with van der Waals surface area (Å²) in [5.41, 5.74) is 0. The second-order valence-corrected chi connectivity index (χ2v) is 13.7. The van der Waals surface area contributed by atoms with Crippen LogP contribution in [0.4, 0.5) is 0 Å². The summed E-state index contributed by atoms with van der Waals surface area (Å²) in [6, 6.07) is 0. The number of rotatable bonds is 17. The first-order chi connectivity index (χ1) is 14.0. The second kappa shape index (κ2) is 22.0. The smallest absolute Gasteiger partial charge is 0.0867 e. The Labute approximate surface area is 189 Å². The molecule has 0 radical (unpaired) electrons. The molecule has 0 N–H and O–H groups in total. The molecule has 7 unspecified atom stereocenters. The lowest BCUT2D eigenvalue weighted by Gasteiger charge is -2.20. The molecule has 0 fully saturated rings. The van der Waals surface area contributed by atoms with Gasteiger partial charge in [-0.1, -0.05) is 134 Å². The van der Waals surface area contributed by atoms with Gasteiger partial charge in [0.05, 0.1) is 19.7 Å². The Hall–Kier alpha value is 0.770. The molecule has 0 aliphatic heterocycles. The average Bonchev–Trinajstić information content (AvgIpc) is 2.69. The molecule has 0 saturated heterocycles. The van der Waals surface area contributed by atoms with Gasteiger partial charge in [-0.2, -0.15) is 0 Å². The van der Waals surface area contributed by atoms with Crippen molar-refractivity contribution in [2.24, 2.45) is 5.92 Å². The monoisotopic (exact) mass is 492 g/mol. The van der Waals surface area contributed by atoms with E-state index in [0.29, 0.717) is 14.4 Å². The average molecular weight is 492 g/mol. The predicted octanol–water partition coefficient (Wildman–Crippen LogP) is 8.91. The zero-order valence-electron chi connectivity index (χ0n) is 18.2. The molecule has 166 valence electrons. The zero-order chi connectivity index (χ0) is 21.7. The fourth-order valence-electron chi connectivity index (χ4n) is 2.56. The standard InChI is InChI=1S/C22H41O2P5/c1-4-6-8-14-17-21(23-28-25)18-15-12-10-9-11-13-16-20(3)22(19-7-5-2)24-29(26)27/h7,9-13,15-16,18-22,28H,4-6,8,14,17,25-27H2,1-3H3. The molecule has 0 aliphatic carbocycles. The van der Waals surface area contributed by atoms with Gasteiger partial charge in [-0.05, 0) is 12.8 Å². The van der Waals surface area contributed by atoms with E-state index in [-0.39, 0.29) is 12.2 Å². The lowest BCUT2D eigenvalue weighted by molar-refractivity contribution is 0.245. The van der Waals surface area contributed by atoms with E-state index >= 15 is 0 Å². The van der Waals surface area contributed by atoms with Crippen LogP contribution < -0.4 is 0 Å². The Kier molecular flexibility index (Phi) is 22.6. The summed E-state index contributed by atoms with van der Waals surface area (Å²) in [6.07, 6.45) is 28.7. The molecular weight excluding hydrogens is 451 g/mol. The van der Waals surface area contributed by atoms with Crippen molar-refractivity contribution in [3.05, 3.63) is 60.8 Å². The van der Waals surface area contributed by atoms with Crippen molar-refractivity contribution in [2.45, 2.75) is 71.5 Å². The quantitative estimate of drug-likeness (QED) is 0.0874. The van der Waals surface area contributed by atoms with Gasteiger partial charge in [0.1, 0.15) is 0 Å². The summed E-state index contributed by atoms with van der Waals surface area (Å²) in [6.45, 7) is 6.58. The number of hydrogen-bond acceptors (Lipinski definition) is 2. The lowest BCUT2D eigenvalue weighted by atomic mass is 10.0. The van der Waals surface area contributed by atoms with Crippen LogP contribution in [0, 0.1) is 5.92 Å². The molecule has 0 aromatic rings. The van der Waals surface area contributed by atoms with Gasteiger partial charge in [0.15, 0.2) is 0 Å². The summed E-state index contributed by atoms with van der Waals surface area (Å²) >= 11 is 0.